The van der Waals surface area contributed by atoms with Gasteiger partial charge in [0.05, 0.1) is 22.1 Å². The van der Waals surface area contributed by atoms with Crippen LogP contribution in [0.15, 0.2) is 182 Å². The van der Waals surface area contributed by atoms with Gasteiger partial charge in [0.15, 0.2) is 0 Å². The van der Waals surface area contributed by atoms with Crippen LogP contribution in [0.25, 0.3) is 88.1 Å². The molecule has 3 aromatic heterocycles. The summed E-state index contributed by atoms with van der Waals surface area (Å²) in [7, 11) is 0. The molecule has 0 unspecified atom stereocenters. The molecule has 264 valence electrons. The number of para-hydroxylation sites is 2. The lowest BCUT2D eigenvalue weighted by atomic mass is 9.80. The predicted molar refractivity (Wildman–Crippen MR) is 235 cm³/mol. The van der Waals surface area contributed by atoms with Crippen molar-refractivity contribution in [3.8, 4) is 22.5 Å². The Hall–Kier alpha value is -6.14. The van der Waals surface area contributed by atoms with E-state index < -0.39 is 0 Å². The van der Waals surface area contributed by atoms with Crippen LogP contribution in [0.5, 0.6) is 0 Å². The standard InChI is InChI=1S/C51H32N2OS2/c1-51(2)38-14-6-3-11-31(38)34-21-23-41-49(50(34)51)37-27-47-48(56-46-18-10-9-17-45(46)55-47)28-42(37)53(41)29-19-22-40-35(25-29)32-12-4-7-15-39(32)52(40)30-20-24-44-36(26-30)33-13-5-8-16-43(33)54-44/h3-28H,1-2H3. The summed E-state index contributed by atoms with van der Waals surface area (Å²) >= 11 is 3.79. The molecule has 4 heterocycles. The Morgan fingerprint density at radius 2 is 1.05 bits per heavy atom. The predicted octanol–water partition coefficient (Wildman–Crippen LogP) is 14.7. The molecule has 0 saturated carbocycles. The molecule has 0 bridgehead atoms. The van der Waals surface area contributed by atoms with Crippen molar-refractivity contribution >= 4 is 89.1 Å². The second-order valence-corrected chi connectivity index (χ2v) is 17.9. The number of aromatic nitrogens is 2. The van der Waals surface area contributed by atoms with Crippen molar-refractivity contribution in [1.82, 2.24) is 9.13 Å². The second kappa shape index (κ2) is 11.0. The molecule has 0 N–H and O–H groups in total. The molecule has 13 rings (SSSR count). The molecule has 56 heavy (non-hydrogen) atoms. The fraction of sp³-hybridized carbons (Fsp3) is 0.0588. The molecular weight excluding hydrogens is 721 g/mol. The smallest absolute Gasteiger partial charge is 0.135 e. The van der Waals surface area contributed by atoms with Gasteiger partial charge in [-0.3, -0.25) is 0 Å². The van der Waals surface area contributed by atoms with Crippen LogP contribution >= 0.6 is 23.5 Å². The number of fused-ring (bicyclic) bond motifs is 15. The molecule has 8 aromatic carbocycles. The van der Waals surface area contributed by atoms with Crippen LogP contribution in [-0.2, 0) is 5.41 Å². The highest BCUT2D eigenvalue weighted by Crippen LogP contribution is 2.55. The summed E-state index contributed by atoms with van der Waals surface area (Å²) < 4.78 is 11.2. The Labute approximate surface area is 331 Å². The molecule has 0 radical (unpaired) electrons. The minimum Gasteiger partial charge on any atom is -0.456 e. The minimum atomic E-state index is -0.145. The monoisotopic (exact) mass is 752 g/mol. The lowest BCUT2D eigenvalue weighted by Gasteiger charge is -2.23. The zero-order valence-electron chi connectivity index (χ0n) is 30.6. The Balaban J connectivity index is 1.09. The SMILES string of the molecule is CC1(C)c2ccccc2-c2ccc3c(c21)c1cc2c(cc1n3-c1ccc3c(c1)c1ccccc1n3-c1ccc3oc4ccccc4c3c1)Sc1ccccc1S2. The summed E-state index contributed by atoms with van der Waals surface area (Å²) in [6, 6.07) is 58.3. The summed E-state index contributed by atoms with van der Waals surface area (Å²) in [6.45, 7) is 4.81. The average Bonchev–Trinajstić information content (AvgIpc) is 3.93. The summed E-state index contributed by atoms with van der Waals surface area (Å²) in [6.07, 6.45) is 0. The van der Waals surface area contributed by atoms with Gasteiger partial charge >= 0.3 is 0 Å². The zero-order valence-corrected chi connectivity index (χ0v) is 32.3. The summed E-state index contributed by atoms with van der Waals surface area (Å²) in [4.78, 5) is 5.28. The van der Waals surface area contributed by atoms with E-state index in [-0.39, 0.29) is 5.41 Å². The summed E-state index contributed by atoms with van der Waals surface area (Å²) in [5.74, 6) is 0. The van der Waals surface area contributed by atoms with Gasteiger partial charge in [-0.1, -0.05) is 116 Å². The molecule has 0 fully saturated rings. The van der Waals surface area contributed by atoms with Gasteiger partial charge in [-0.15, -0.1) is 0 Å². The first-order valence-corrected chi connectivity index (χ1v) is 20.8. The van der Waals surface area contributed by atoms with E-state index in [0.29, 0.717) is 0 Å². The van der Waals surface area contributed by atoms with Crippen LogP contribution in [0.3, 0.4) is 0 Å². The van der Waals surface area contributed by atoms with Gasteiger partial charge in [-0.2, -0.15) is 0 Å². The van der Waals surface area contributed by atoms with E-state index in [4.69, 9.17) is 4.42 Å². The van der Waals surface area contributed by atoms with Crippen molar-refractivity contribution in [3.63, 3.8) is 0 Å². The van der Waals surface area contributed by atoms with Crippen LogP contribution in [0.4, 0.5) is 0 Å². The molecule has 1 aliphatic carbocycles. The Kier molecular flexibility index (Phi) is 6.11. The molecular formula is C51H32N2OS2. The number of rotatable bonds is 2. The fourth-order valence-electron chi connectivity index (χ4n) is 9.91. The number of hydrogen-bond donors (Lipinski definition) is 0. The Bertz CT molecular complexity index is 3530. The van der Waals surface area contributed by atoms with Gasteiger partial charge < -0.3 is 13.6 Å². The first kappa shape index (κ1) is 31.1. The Morgan fingerprint density at radius 1 is 0.429 bits per heavy atom. The third kappa shape index (κ3) is 4.06. The van der Waals surface area contributed by atoms with E-state index in [1.54, 1.807) is 0 Å². The largest absolute Gasteiger partial charge is 0.456 e. The number of nitrogens with zero attached hydrogens (tertiary/aromatic N) is 2. The van der Waals surface area contributed by atoms with E-state index in [9.17, 15) is 0 Å². The van der Waals surface area contributed by atoms with Crippen LogP contribution in [-0.4, -0.2) is 9.13 Å². The lowest BCUT2D eigenvalue weighted by molar-refractivity contribution is 0.666. The van der Waals surface area contributed by atoms with E-state index in [1.165, 1.54) is 91.1 Å². The molecule has 0 atom stereocenters. The van der Waals surface area contributed by atoms with Gasteiger partial charge in [0.2, 0.25) is 0 Å². The maximum Gasteiger partial charge on any atom is 0.135 e. The molecule has 5 heteroatoms. The number of benzene rings is 8. The van der Waals surface area contributed by atoms with Gasteiger partial charge in [-0.25, -0.2) is 0 Å². The van der Waals surface area contributed by atoms with Gasteiger partial charge in [0, 0.05) is 68.7 Å². The van der Waals surface area contributed by atoms with E-state index in [0.717, 1.165) is 27.6 Å². The normalized spacial score (nSPS) is 14.2. The molecule has 1 aliphatic heterocycles. The average molecular weight is 753 g/mol. The van der Waals surface area contributed by atoms with Crippen molar-refractivity contribution in [2.75, 3.05) is 0 Å². The van der Waals surface area contributed by atoms with Gasteiger partial charge in [0.1, 0.15) is 11.2 Å². The molecule has 0 saturated heterocycles. The zero-order chi connectivity index (χ0) is 36.9. The van der Waals surface area contributed by atoms with Crippen LogP contribution in [0.1, 0.15) is 25.0 Å². The molecule has 2 aliphatic rings. The maximum atomic E-state index is 6.22. The third-order valence-corrected chi connectivity index (χ3v) is 14.9. The first-order valence-electron chi connectivity index (χ1n) is 19.2. The Morgan fingerprint density at radius 3 is 1.91 bits per heavy atom. The number of hydrogen-bond acceptors (Lipinski definition) is 3. The minimum absolute atomic E-state index is 0.145. The topological polar surface area (TPSA) is 23.0 Å². The molecule has 0 amide bonds. The summed E-state index contributed by atoms with van der Waals surface area (Å²) in [5.41, 5.74) is 14.3. The van der Waals surface area contributed by atoms with Crippen molar-refractivity contribution in [2.24, 2.45) is 0 Å². The molecule has 11 aromatic rings. The molecule has 3 nitrogen and oxygen atoms in total. The van der Waals surface area contributed by atoms with E-state index in [2.05, 4.69) is 169 Å². The van der Waals surface area contributed by atoms with Crippen LogP contribution in [0.2, 0.25) is 0 Å². The summed E-state index contributed by atoms with van der Waals surface area (Å²) in [5, 5.41) is 7.40. The van der Waals surface area contributed by atoms with Crippen molar-refractivity contribution in [2.45, 2.75) is 38.8 Å². The maximum absolute atomic E-state index is 6.22. The lowest BCUT2D eigenvalue weighted by Crippen LogP contribution is -2.15. The van der Waals surface area contributed by atoms with Gasteiger partial charge in [-0.05, 0) is 101 Å². The first-order chi connectivity index (χ1) is 27.5. The fourth-order valence-corrected chi connectivity index (χ4v) is 12.2. The van der Waals surface area contributed by atoms with Crippen molar-refractivity contribution in [1.29, 1.82) is 0 Å². The highest BCUT2D eigenvalue weighted by Gasteiger charge is 2.38. The van der Waals surface area contributed by atoms with E-state index >= 15 is 0 Å². The highest BCUT2D eigenvalue weighted by molar-refractivity contribution is 8.05. The van der Waals surface area contributed by atoms with Crippen molar-refractivity contribution in [3.05, 3.63) is 169 Å². The van der Waals surface area contributed by atoms with Crippen LogP contribution in [0, 0.1) is 0 Å². The van der Waals surface area contributed by atoms with Crippen molar-refractivity contribution < 1.29 is 4.42 Å². The van der Waals surface area contributed by atoms with Crippen LogP contribution < -0.4 is 0 Å². The third-order valence-electron chi connectivity index (χ3n) is 12.3. The van der Waals surface area contributed by atoms with Gasteiger partial charge in [0.25, 0.3) is 0 Å². The second-order valence-electron chi connectivity index (χ2n) is 15.7. The highest BCUT2D eigenvalue weighted by atomic mass is 32.2. The number of furan rings is 1. The quantitative estimate of drug-likeness (QED) is 0.176. The molecule has 0 spiro atoms. The van der Waals surface area contributed by atoms with E-state index in [1.807, 2.05) is 35.7 Å².